The van der Waals surface area contributed by atoms with Gasteiger partial charge in [-0.3, -0.25) is 4.79 Å². The molecule has 0 bridgehead atoms. The van der Waals surface area contributed by atoms with Gasteiger partial charge in [-0.1, -0.05) is 18.2 Å². The maximum Gasteiger partial charge on any atom is 0.417 e. The zero-order valence-corrected chi connectivity index (χ0v) is 12.6. The first-order valence-corrected chi connectivity index (χ1v) is 7.42. The third-order valence-corrected chi connectivity index (χ3v) is 4.17. The molecule has 4 nitrogen and oxygen atoms in total. The summed E-state index contributed by atoms with van der Waals surface area (Å²) in [4.78, 5) is 15.1. The van der Waals surface area contributed by atoms with E-state index in [0.29, 0.717) is 22.7 Å². The van der Waals surface area contributed by atoms with Gasteiger partial charge in [0.1, 0.15) is 0 Å². The van der Waals surface area contributed by atoms with Crippen molar-refractivity contribution in [2.45, 2.75) is 13.1 Å². The van der Waals surface area contributed by atoms with Crippen molar-refractivity contribution in [2.24, 2.45) is 0 Å². The standard InChI is InChI=1S/C15H10F3N3OS/c1-9-10(7-22)6-19-21(9)14-20-13(8-23-14)11-4-2-3-5-12(11)15(16,17)18/h2-8H,1H3. The molecule has 0 spiro atoms. The highest BCUT2D eigenvalue weighted by molar-refractivity contribution is 7.12. The van der Waals surface area contributed by atoms with Crippen molar-refractivity contribution in [3.63, 3.8) is 0 Å². The summed E-state index contributed by atoms with van der Waals surface area (Å²) in [5.41, 5.74) is 0.508. The molecule has 118 valence electrons. The Balaban J connectivity index is 2.07. The number of rotatable bonds is 3. The van der Waals surface area contributed by atoms with Crippen molar-refractivity contribution in [1.29, 1.82) is 0 Å². The lowest BCUT2D eigenvalue weighted by Crippen LogP contribution is -2.07. The molecular formula is C15H10F3N3OS. The van der Waals surface area contributed by atoms with Crippen LogP contribution in [0.1, 0.15) is 21.6 Å². The first-order valence-electron chi connectivity index (χ1n) is 6.54. The molecule has 2 aromatic heterocycles. The number of aromatic nitrogens is 3. The van der Waals surface area contributed by atoms with E-state index in [1.54, 1.807) is 12.3 Å². The quantitative estimate of drug-likeness (QED) is 0.675. The molecule has 0 aliphatic heterocycles. The molecule has 0 aliphatic rings. The fourth-order valence-electron chi connectivity index (χ4n) is 2.17. The van der Waals surface area contributed by atoms with E-state index in [1.807, 2.05) is 0 Å². The van der Waals surface area contributed by atoms with Gasteiger partial charge in [-0.15, -0.1) is 11.3 Å². The molecule has 2 heterocycles. The average Bonchev–Trinajstić information content (AvgIpc) is 3.12. The van der Waals surface area contributed by atoms with Gasteiger partial charge in [-0.25, -0.2) is 9.67 Å². The van der Waals surface area contributed by atoms with Gasteiger partial charge in [0.15, 0.2) is 6.29 Å². The molecular weight excluding hydrogens is 327 g/mol. The van der Waals surface area contributed by atoms with E-state index in [4.69, 9.17) is 0 Å². The second-order valence-corrected chi connectivity index (χ2v) is 5.61. The molecule has 0 unspecified atom stereocenters. The molecule has 0 amide bonds. The third kappa shape index (κ3) is 2.77. The van der Waals surface area contributed by atoms with Crippen LogP contribution in [0.5, 0.6) is 0 Å². The van der Waals surface area contributed by atoms with E-state index in [2.05, 4.69) is 10.1 Å². The summed E-state index contributed by atoms with van der Waals surface area (Å²) in [6.45, 7) is 1.70. The van der Waals surface area contributed by atoms with Crippen LogP contribution < -0.4 is 0 Å². The summed E-state index contributed by atoms with van der Waals surface area (Å²) in [6, 6.07) is 5.29. The number of hydrogen-bond acceptors (Lipinski definition) is 4. The van der Waals surface area contributed by atoms with Gasteiger partial charge < -0.3 is 0 Å². The molecule has 0 fully saturated rings. The van der Waals surface area contributed by atoms with Crippen LogP contribution in [0, 0.1) is 6.92 Å². The van der Waals surface area contributed by atoms with E-state index < -0.39 is 11.7 Å². The van der Waals surface area contributed by atoms with Crippen molar-refractivity contribution < 1.29 is 18.0 Å². The van der Waals surface area contributed by atoms with Crippen LogP contribution in [0.4, 0.5) is 13.2 Å². The SMILES string of the molecule is Cc1c(C=O)cnn1-c1nc(-c2ccccc2C(F)(F)F)cs1. The number of benzene rings is 1. The van der Waals surface area contributed by atoms with Crippen LogP contribution in [0.15, 0.2) is 35.8 Å². The van der Waals surface area contributed by atoms with Gasteiger partial charge in [0.05, 0.1) is 28.7 Å². The number of halogens is 3. The van der Waals surface area contributed by atoms with Crippen molar-refractivity contribution in [1.82, 2.24) is 14.8 Å². The first-order chi connectivity index (χ1) is 10.9. The summed E-state index contributed by atoms with van der Waals surface area (Å²) < 4.78 is 40.7. The molecule has 0 N–H and O–H groups in total. The number of carbonyl (C=O) groups excluding carboxylic acids is 1. The normalized spacial score (nSPS) is 11.7. The Bertz CT molecular complexity index is 867. The highest BCUT2D eigenvalue weighted by Crippen LogP contribution is 2.37. The summed E-state index contributed by atoms with van der Waals surface area (Å²) in [7, 11) is 0. The Morgan fingerprint density at radius 1 is 1.26 bits per heavy atom. The number of alkyl halides is 3. The Morgan fingerprint density at radius 3 is 2.65 bits per heavy atom. The molecule has 0 atom stereocenters. The first kappa shape index (κ1) is 15.4. The lowest BCUT2D eigenvalue weighted by molar-refractivity contribution is -0.137. The number of thiazole rings is 1. The summed E-state index contributed by atoms with van der Waals surface area (Å²) >= 11 is 1.16. The van der Waals surface area contributed by atoms with E-state index in [1.165, 1.54) is 29.1 Å². The van der Waals surface area contributed by atoms with Crippen LogP contribution in [-0.2, 0) is 6.18 Å². The molecule has 0 saturated carbocycles. The molecule has 0 radical (unpaired) electrons. The van der Waals surface area contributed by atoms with E-state index in [9.17, 15) is 18.0 Å². The topological polar surface area (TPSA) is 47.8 Å². The van der Waals surface area contributed by atoms with Gasteiger partial charge in [-0.2, -0.15) is 18.3 Å². The molecule has 3 rings (SSSR count). The van der Waals surface area contributed by atoms with Crippen LogP contribution >= 0.6 is 11.3 Å². The maximum absolute atomic E-state index is 13.1. The monoisotopic (exact) mass is 337 g/mol. The predicted molar refractivity (Wildman–Crippen MR) is 79.8 cm³/mol. The second-order valence-electron chi connectivity index (χ2n) is 4.77. The zero-order valence-electron chi connectivity index (χ0n) is 11.8. The smallest absolute Gasteiger partial charge is 0.298 e. The lowest BCUT2D eigenvalue weighted by Gasteiger charge is -2.10. The zero-order chi connectivity index (χ0) is 16.6. The lowest BCUT2D eigenvalue weighted by atomic mass is 10.1. The Kier molecular flexibility index (Phi) is 3.77. The van der Waals surface area contributed by atoms with Crippen LogP contribution in [0.3, 0.4) is 0 Å². The molecule has 0 saturated heterocycles. The van der Waals surface area contributed by atoms with Crippen molar-refractivity contribution in [3.05, 3.63) is 52.7 Å². The average molecular weight is 337 g/mol. The highest BCUT2D eigenvalue weighted by atomic mass is 32.1. The second kappa shape index (κ2) is 5.62. The van der Waals surface area contributed by atoms with E-state index >= 15 is 0 Å². The Morgan fingerprint density at radius 2 is 2.00 bits per heavy atom. The minimum absolute atomic E-state index is 0.0166. The summed E-state index contributed by atoms with van der Waals surface area (Å²) in [5.74, 6) is 0. The maximum atomic E-state index is 13.1. The number of carbonyl (C=O) groups is 1. The van der Waals surface area contributed by atoms with Gasteiger partial charge >= 0.3 is 6.18 Å². The fourth-order valence-corrected chi connectivity index (χ4v) is 3.00. The van der Waals surface area contributed by atoms with E-state index in [-0.39, 0.29) is 11.3 Å². The minimum atomic E-state index is -4.45. The van der Waals surface area contributed by atoms with Gasteiger partial charge in [-0.05, 0) is 13.0 Å². The number of aldehydes is 1. The third-order valence-electron chi connectivity index (χ3n) is 3.36. The summed E-state index contributed by atoms with van der Waals surface area (Å²) in [5, 5.41) is 5.99. The summed E-state index contributed by atoms with van der Waals surface area (Å²) in [6.07, 6.45) is -2.38. The number of nitrogens with zero attached hydrogens (tertiary/aromatic N) is 3. The van der Waals surface area contributed by atoms with Gasteiger partial charge in [0, 0.05) is 10.9 Å². The van der Waals surface area contributed by atoms with Gasteiger partial charge in [0.25, 0.3) is 0 Å². The molecule has 3 aromatic rings. The van der Waals surface area contributed by atoms with Crippen molar-refractivity contribution >= 4 is 17.6 Å². The van der Waals surface area contributed by atoms with E-state index in [0.717, 1.165) is 17.4 Å². The Labute approximate surface area is 133 Å². The van der Waals surface area contributed by atoms with Crippen LogP contribution in [0.25, 0.3) is 16.4 Å². The van der Waals surface area contributed by atoms with Crippen molar-refractivity contribution in [3.8, 4) is 16.4 Å². The fraction of sp³-hybridized carbons (Fsp3) is 0.133. The largest absolute Gasteiger partial charge is 0.417 e. The molecule has 0 aliphatic carbocycles. The minimum Gasteiger partial charge on any atom is -0.298 e. The molecule has 1 aromatic carbocycles. The molecule has 8 heteroatoms. The predicted octanol–water partition coefficient (Wildman–Crippen LogP) is 4.14. The van der Waals surface area contributed by atoms with Gasteiger partial charge in [0.2, 0.25) is 5.13 Å². The van der Waals surface area contributed by atoms with Crippen LogP contribution in [0.2, 0.25) is 0 Å². The van der Waals surface area contributed by atoms with Crippen molar-refractivity contribution in [2.75, 3.05) is 0 Å². The Hall–Kier alpha value is -2.48. The number of hydrogen-bond donors (Lipinski definition) is 0. The molecule has 23 heavy (non-hydrogen) atoms. The van der Waals surface area contributed by atoms with Crippen LogP contribution in [-0.4, -0.2) is 21.1 Å². The highest BCUT2D eigenvalue weighted by Gasteiger charge is 2.33.